The third kappa shape index (κ3) is 1.96. The zero-order valence-electron chi connectivity index (χ0n) is 11.3. The van der Waals surface area contributed by atoms with Crippen LogP contribution in [0.15, 0.2) is 28.9 Å². The Morgan fingerprint density at radius 2 is 2.06 bits per heavy atom. The van der Waals surface area contributed by atoms with Gasteiger partial charge in [-0.2, -0.15) is 0 Å². The van der Waals surface area contributed by atoms with Gasteiger partial charge in [-0.05, 0) is 19.4 Å². The number of methoxy groups -OCH3 is 1. The van der Waals surface area contributed by atoms with E-state index >= 15 is 0 Å². The van der Waals surface area contributed by atoms with E-state index in [2.05, 4.69) is 18.3 Å². The lowest BCUT2D eigenvalue weighted by atomic mass is 9.99. The molecule has 96 valence electrons. The van der Waals surface area contributed by atoms with Crippen LogP contribution in [0.1, 0.15) is 18.2 Å². The molecule has 0 aliphatic rings. The van der Waals surface area contributed by atoms with E-state index < -0.39 is 0 Å². The number of para-hydroxylation sites is 1. The molecule has 0 radical (unpaired) electrons. The molecule has 2 rings (SSSR count). The number of rotatable bonds is 4. The fourth-order valence-corrected chi connectivity index (χ4v) is 2.31. The van der Waals surface area contributed by atoms with Crippen LogP contribution in [-0.4, -0.2) is 14.2 Å². The van der Waals surface area contributed by atoms with Gasteiger partial charge >= 0.3 is 0 Å². The molecule has 3 heteroatoms. The lowest BCUT2D eigenvalue weighted by molar-refractivity contribution is 0.418. The number of ether oxygens (including phenoxy) is 1. The summed E-state index contributed by atoms with van der Waals surface area (Å²) in [5.74, 6) is 1.83. The summed E-state index contributed by atoms with van der Waals surface area (Å²) < 4.78 is 11.1. The van der Waals surface area contributed by atoms with Gasteiger partial charge in [0.1, 0.15) is 11.5 Å². The summed E-state index contributed by atoms with van der Waals surface area (Å²) >= 11 is 0. The van der Waals surface area contributed by atoms with E-state index in [0.717, 1.165) is 34.7 Å². The molecule has 0 aliphatic carbocycles. The lowest BCUT2D eigenvalue weighted by Crippen LogP contribution is -1.96. The van der Waals surface area contributed by atoms with Crippen molar-refractivity contribution < 1.29 is 9.15 Å². The fourth-order valence-electron chi connectivity index (χ4n) is 2.31. The molecule has 3 nitrogen and oxygen atoms in total. The molecule has 1 N–H and O–H groups in total. The van der Waals surface area contributed by atoms with Crippen LogP contribution in [-0.2, 0) is 6.42 Å². The molecule has 1 aromatic heterocycles. The largest absolute Gasteiger partial charge is 0.494 e. The first-order chi connectivity index (χ1) is 8.72. The van der Waals surface area contributed by atoms with Crippen LogP contribution in [0.2, 0.25) is 0 Å². The normalized spacial score (nSPS) is 10.4. The van der Waals surface area contributed by atoms with Crippen molar-refractivity contribution in [2.45, 2.75) is 20.3 Å². The minimum Gasteiger partial charge on any atom is -0.494 e. The summed E-state index contributed by atoms with van der Waals surface area (Å²) in [4.78, 5) is 0. The second-order valence-corrected chi connectivity index (χ2v) is 4.17. The Labute approximate surface area is 108 Å². The zero-order chi connectivity index (χ0) is 13.1. The summed E-state index contributed by atoms with van der Waals surface area (Å²) in [5, 5.41) is 3.15. The van der Waals surface area contributed by atoms with Gasteiger partial charge < -0.3 is 14.5 Å². The number of benzene rings is 1. The first-order valence-electron chi connectivity index (χ1n) is 6.15. The minimum absolute atomic E-state index is 0.857. The minimum atomic E-state index is 0.857. The summed E-state index contributed by atoms with van der Waals surface area (Å²) in [6.07, 6.45) is 2.76. The van der Waals surface area contributed by atoms with Crippen molar-refractivity contribution in [3.05, 3.63) is 35.8 Å². The predicted molar refractivity (Wildman–Crippen MR) is 74.4 cm³/mol. The monoisotopic (exact) mass is 245 g/mol. The predicted octanol–water partition coefficient (Wildman–Crippen LogP) is 3.87. The summed E-state index contributed by atoms with van der Waals surface area (Å²) in [7, 11) is 3.58. The zero-order valence-corrected chi connectivity index (χ0v) is 11.3. The number of nitrogens with one attached hydrogen (secondary N) is 1. The van der Waals surface area contributed by atoms with Crippen LogP contribution in [0.3, 0.4) is 0 Å². The Balaban J connectivity index is 2.63. The van der Waals surface area contributed by atoms with E-state index in [-0.39, 0.29) is 0 Å². The highest BCUT2D eigenvalue weighted by Crippen LogP contribution is 2.39. The maximum Gasteiger partial charge on any atom is 0.149 e. The molecule has 0 saturated heterocycles. The smallest absolute Gasteiger partial charge is 0.149 e. The molecule has 0 unspecified atom stereocenters. The highest BCUT2D eigenvalue weighted by Gasteiger charge is 2.16. The molecule has 0 fully saturated rings. The first-order valence-corrected chi connectivity index (χ1v) is 6.15. The van der Waals surface area contributed by atoms with Gasteiger partial charge in [0.05, 0.1) is 19.1 Å². The average Bonchev–Trinajstić information content (AvgIpc) is 2.78. The molecular weight excluding hydrogens is 226 g/mol. The first kappa shape index (κ1) is 12.6. The van der Waals surface area contributed by atoms with Crippen LogP contribution >= 0.6 is 0 Å². The fraction of sp³-hybridized carbons (Fsp3) is 0.333. The van der Waals surface area contributed by atoms with E-state index in [4.69, 9.17) is 9.15 Å². The topological polar surface area (TPSA) is 34.4 Å². The van der Waals surface area contributed by atoms with Crippen molar-refractivity contribution in [3.8, 4) is 16.9 Å². The van der Waals surface area contributed by atoms with Gasteiger partial charge in [-0.25, -0.2) is 0 Å². The quantitative estimate of drug-likeness (QED) is 0.888. The van der Waals surface area contributed by atoms with Crippen molar-refractivity contribution >= 4 is 5.69 Å². The molecular formula is C15H19NO2. The van der Waals surface area contributed by atoms with Crippen LogP contribution in [0.4, 0.5) is 5.69 Å². The van der Waals surface area contributed by atoms with Crippen molar-refractivity contribution in [3.63, 3.8) is 0 Å². The second-order valence-electron chi connectivity index (χ2n) is 4.17. The molecule has 0 aliphatic heterocycles. The number of anilines is 1. The Morgan fingerprint density at radius 3 is 2.67 bits per heavy atom. The van der Waals surface area contributed by atoms with Gasteiger partial charge in [-0.1, -0.05) is 19.1 Å². The third-order valence-corrected chi connectivity index (χ3v) is 3.24. The molecule has 1 heterocycles. The van der Waals surface area contributed by atoms with Crippen LogP contribution in [0, 0.1) is 6.92 Å². The SMILES string of the molecule is CCc1c(-c2cccc(NC)c2OC)coc1C. The number of furan rings is 1. The highest BCUT2D eigenvalue weighted by molar-refractivity contribution is 5.80. The van der Waals surface area contributed by atoms with E-state index in [9.17, 15) is 0 Å². The van der Waals surface area contributed by atoms with Gasteiger partial charge in [0.25, 0.3) is 0 Å². The van der Waals surface area contributed by atoms with E-state index in [1.165, 1.54) is 5.56 Å². The maximum absolute atomic E-state index is 5.54. The lowest BCUT2D eigenvalue weighted by Gasteiger charge is -2.13. The Morgan fingerprint density at radius 1 is 1.28 bits per heavy atom. The molecule has 0 spiro atoms. The van der Waals surface area contributed by atoms with Crippen molar-refractivity contribution in [2.75, 3.05) is 19.5 Å². The van der Waals surface area contributed by atoms with Crippen molar-refractivity contribution in [1.82, 2.24) is 0 Å². The van der Waals surface area contributed by atoms with Gasteiger partial charge in [-0.15, -0.1) is 0 Å². The average molecular weight is 245 g/mol. The van der Waals surface area contributed by atoms with E-state index in [0.29, 0.717) is 0 Å². The van der Waals surface area contributed by atoms with Gasteiger partial charge in [0.15, 0.2) is 0 Å². The van der Waals surface area contributed by atoms with Crippen molar-refractivity contribution in [2.24, 2.45) is 0 Å². The Hall–Kier alpha value is -1.90. The maximum atomic E-state index is 5.54. The van der Waals surface area contributed by atoms with Gasteiger partial charge in [-0.3, -0.25) is 0 Å². The summed E-state index contributed by atoms with van der Waals surface area (Å²) in [6.45, 7) is 4.13. The molecule has 1 aromatic carbocycles. The summed E-state index contributed by atoms with van der Waals surface area (Å²) in [6, 6.07) is 6.08. The standard InChI is InChI=1S/C15H19NO2/c1-5-11-10(2)18-9-13(11)12-7-6-8-14(16-3)15(12)17-4/h6-9,16H,5H2,1-4H3. The molecule has 0 atom stereocenters. The molecule has 0 saturated carbocycles. The third-order valence-electron chi connectivity index (χ3n) is 3.24. The second kappa shape index (κ2) is 5.17. The Kier molecular flexibility index (Phi) is 3.60. The van der Waals surface area contributed by atoms with E-state index in [1.807, 2.05) is 32.4 Å². The Bertz CT molecular complexity index is 543. The van der Waals surface area contributed by atoms with Crippen molar-refractivity contribution in [1.29, 1.82) is 0 Å². The van der Waals surface area contributed by atoms with Crippen LogP contribution < -0.4 is 10.1 Å². The summed E-state index contributed by atoms with van der Waals surface area (Å²) in [5.41, 5.74) is 4.40. The molecule has 0 bridgehead atoms. The number of hydrogen-bond acceptors (Lipinski definition) is 3. The van der Waals surface area contributed by atoms with Crippen LogP contribution in [0.5, 0.6) is 5.75 Å². The molecule has 0 amide bonds. The molecule has 18 heavy (non-hydrogen) atoms. The highest BCUT2D eigenvalue weighted by atomic mass is 16.5. The van der Waals surface area contributed by atoms with E-state index in [1.54, 1.807) is 7.11 Å². The number of aryl methyl sites for hydroxylation is 1. The number of hydrogen-bond donors (Lipinski definition) is 1. The van der Waals surface area contributed by atoms with Crippen LogP contribution in [0.25, 0.3) is 11.1 Å². The molecule has 2 aromatic rings. The van der Waals surface area contributed by atoms with Gasteiger partial charge in [0.2, 0.25) is 0 Å². The van der Waals surface area contributed by atoms with Gasteiger partial charge in [0, 0.05) is 23.7 Å².